The lowest BCUT2D eigenvalue weighted by molar-refractivity contribution is -0.129. The monoisotopic (exact) mass is 449 g/mol. The molecule has 0 aliphatic heterocycles. The summed E-state index contributed by atoms with van der Waals surface area (Å²) in [6.45, 7) is 2.03. The van der Waals surface area contributed by atoms with Crippen LogP contribution in [0.2, 0.25) is 0 Å². The van der Waals surface area contributed by atoms with Gasteiger partial charge in [0.05, 0.1) is 12.3 Å². The van der Waals surface area contributed by atoms with Crippen molar-refractivity contribution in [1.82, 2.24) is 15.4 Å². The number of amides is 2. The Bertz CT molecular complexity index is 1060. The smallest absolute Gasteiger partial charge is 0.243 e. The molecule has 0 aliphatic carbocycles. The lowest BCUT2D eigenvalue weighted by atomic mass is 10.1. The van der Waals surface area contributed by atoms with Crippen LogP contribution in [-0.2, 0) is 9.59 Å². The van der Waals surface area contributed by atoms with Crippen LogP contribution in [-0.4, -0.2) is 33.6 Å². The average Bonchev–Trinajstić information content (AvgIpc) is 2.82. The number of rotatable bonds is 11. The highest BCUT2D eigenvalue weighted by Crippen LogP contribution is 2.22. The fourth-order valence-electron chi connectivity index (χ4n) is 3.08. The minimum Gasteiger partial charge on any atom is -0.494 e. The Morgan fingerprint density at radius 3 is 2.36 bits per heavy atom. The van der Waals surface area contributed by atoms with Crippen molar-refractivity contribution in [3.05, 3.63) is 60.8 Å². The maximum absolute atomic E-state index is 11.2. The van der Waals surface area contributed by atoms with E-state index in [9.17, 15) is 9.59 Å². The normalized spacial score (nSPS) is 10.4. The molecule has 1 aromatic heterocycles. The first-order valence-electron chi connectivity index (χ1n) is 10.7. The molecule has 0 unspecified atom stereocenters. The first kappa shape index (κ1) is 23.7. The molecule has 0 aliphatic rings. The molecular weight excluding hydrogens is 422 g/mol. The Morgan fingerprint density at radius 2 is 1.67 bits per heavy atom. The first-order chi connectivity index (χ1) is 16.0. The van der Waals surface area contributed by atoms with Crippen LogP contribution in [0.4, 0.5) is 17.3 Å². The van der Waals surface area contributed by atoms with Crippen molar-refractivity contribution in [3.63, 3.8) is 0 Å². The Hall–Kier alpha value is -3.98. The van der Waals surface area contributed by atoms with Gasteiger partial charge in [0.15, 0.2) is 0 Å². The van der Waals surface area contributed by atoms with Gasteiger partial charge in [0.1, 0.15) is 5.75 Å². The maximum atomic E-state index is 11.2. The third-order valence-electron chi connectivity index (χ3n) is 4.71. The van der Waals surface area contributed by atoms with Crippen molar-refractivity contribution in [2.75, 3.05) is 17.2 Å². The third kappa shape index (κ3) is 7.89. The number of aromatic nitrogens is 2. The van der Waals surface area contributed by atoms with E-state index in [1.165, 1.54) is 6.92 Å². The molecule has 4 N–H and O–H groups in total. The Labute approximate surface area is 192 Å². The number of nitrogens with one attached hydrogen (secondary N) is 3. The van der Waals surface area contributed by atoms with Gasteiger partial charge in [0.25, 0.3) is 0 Å². The van der Waals surface area contributed by atoms with Gasteiger partial charge in [-0.2, -0.15) is 0 Å². The van der Waals surface area contributed by atoms with Gasteiger partial charge in [-0.1, -0.05) is 12.1 Å². The van der Waals surface area contributed by atoms with Crippen LogP contribution < -0.4 is 20.9 Å². The maximum Gasteiger partial charge on any atom is 0.243 e. The molecule has 2 amide bonds. The number of anilines is 3. The van der Waals surface area contributed by atoms with Gasteiger partial charge >= 0.3 is 0 Å². The van der Waals surface area contributed by atoms with Crippen LogP contribution >= 0.6 is 0 Å². The largest absolute Gasteiger partial charge is 0.494 e. The Balaban J connectivity index is 1.50. The molecule has 33 heavy (non-hydrogen) atoms. The van der Waals surface area contributed by atoms with E-state index in [1.807, 2.05) is 54.6 Å². The van der Waals surface area contributed by atoms with Crippen molar-refractivity contribution in [1.29, 1.82) is 0 Å². The molecule has 172 valence electrons. The lowest BCUT2D eigenvalue weighted by Crippen LogP contribution is -2.17. The molecule has 3 aromatic rings. The van der Waals surface area contributed by atoms with Gasteiger partial charge in [0, 0.05) is 36.5 Å². The van der Waals surface area contributed by atoms with Gasteiger partial charge in [-0.3, -0.25) is 14.8 Å². The highest BCUT2D eigenvalue weighted by molar-refractivity contribution is 5.88. The van der Waals surface area contributed by atoms with Gasteiger partial charge in [-0.05, 0) is 61.7 Å². The van der Waals surface area contributed by atoms with Crippen molar-refractivity contribution in [3.8, 4) is 17.0 Å². The zero-order valence-electron chi connectivity index (χ0n) is 18.4. The quantitative estimate of drug-likeness (QED) is 0.195. The predicted molar refractivity (Wildman–Crippen MR) is 125 cm³/mol. The summed E-state index contributed by atoms with van der Waals surface area (Å²) in [5, 5.41) is 14.4. The lowest BCUT2D eigenvalue weighted by Gasteiger charge is -2.09. The minimum atomic E-state index is -0.367. The molecule has 3 rings (SSSR count). The summed E-state index contributed by atoms with van der Waals surface area (Å²) < 4.78 is 5.72. The molecule has 2 aromatic carbocycles. The molecule has 0 bridgehead atoms. The molecule has 0 saturated heterocycles. The van der Waals surface area contributed by atoms with Crippen LogP contribution in [0.3, 0.4) is 0 Å². The van der Waals surface area contributed by atoms with E-state index in [0.29, 0.717) is 25.4 Å². The van der Waals surface area contributed by atoms with E-state index >= 15 is 0 Å². The van der Waals surface area contributed by atoms with E-state index in [2.05, 4.69) is 20.6 Å². The third-order valence-corrected chi connectivity index (χ3v) is 4.71. The van der Waals surface area contributed by atoms with Crippen molar-refractivity contribution in [2.24, 2.45) is 0 Å². The van der Waals surface area contributed by atoms with Crippen molar-refractivity contribution >= 4 is 29.1 Å². The average molecular weight is 450 g/mol. The summed E-state index contributed by atoms with van der Waals surface area (Å²) >= 11 is 0. The van der Waals surface area contributed by atoms with E-state index < -0.39 is 0 Å². The molecule has 0 fully saturated rings. The number of ether oxygens (including phenoxy) is 1. The van der Waals surface area contributed by atoms with Crippen molar-refractivity contribution < 1.29 is 19.5 Å². The summed E-state index contributed by atoms with van der Waals surface area (Å²) in [6.07, 6.45) is 4.37. The highest BCUT2D eigenvalue weighted by Gasteiger charge is 2.05. The second kappa shape index (κ2) is 12.2. The number of carbonyl (C=O) groups excluding carboxylic acids is 2. The Kier molecular flexibility index (Phi) is 8.72. The number of nitrogens with zero attached hydrogens (tertiary/aromatic N) is 2. The van der Waals surface area contributed by atoms with Gasteiger partial charge in [-0.15, -0.1) is 0 Å². The van der Waals surface area contributed by atoms with Crippen LogP contribution in [0.1, 0.15) is 32.6 Å². The SMILES string of the molecule is CC(=O)Nc1ccc(-c2ccnc(Nc3ccc(OCCCCCC(=O)NO)cc3)n2)cc1. The van der Waals surface area contributed by atoms with Gasteiger partial charge in [0.2, 0.25) is 17.8 Å². The van der Waals surface area contributed by atoms with E-state index in [1.54, 1.807) is 11.7 Å². The van der Waals surface area contributed by atoms with Crippen LogP contribution in [0.15, 0.2) is 60.8 Å². The molecule has 0 atom stereocenters. The number of hydrogen-bond acceptors (Lipinski definition) is 7. The van der Waals surface area contributed by atoms with Gasteiger partial charge in [-0.25, -0.2) is 15.4 Å². The number of benzene rings is 2. The number of unbranched alkanes of at least 4 members (excludes halogenated alkanes) is 2. The summed E-state index contributed by atoms with van der Waals surface area (Å²) in [5.41, 5.74) is 4.86. The molecule has 0 radical (unpaired) electrons. The number of hydroxylamine groups is 1. The molecule has 1 heterocycles. The molecule has 0 spiro atoms. The number of hydrogen-bond donors (Lipinski definition) is 4. The second-order valence-corrected chi connectivity index (χ2v) is 7.37. The van der Waals surface area contributed by atoms with Crippen LogP contribution in [0.5, 0.6) is 5.75 Å². The molecule has 0 saturated carbocycles. The topological polar surface area (TPSA) is 125 Å². The summed E-state index contributed by atoms with van der Waals surface area (Å²) in [6, 6.07) is 16.8. The minimum absolute atomic E-state index is 0.114. The molecule has 9 nitrogen and oxygen atoms in total. The van der Waals surface area contributed by atoms with E-state index in [4.69, 9.17) is 9.94 Å². The fourth-order valence-corrected chi connectivity index (χ4v) is 3.08. The van der Waals surface area contributed by atoms with Gasteiger partial charge < -0.3 is 15.4 Å². The fraction of sp³-hybridized carbons (Fsp3) is 0.250. The van der Waals surface area contributed by atoms with E-state index in [-0.39, 0.29) is 11.8 Å². The number of carbonyl (C=O) groups is 2. The summed E-state index contributed by atoms with van der Waals surface area (Å²) in [4.78, 5) is 30.9. The molecule has 9 heteroatoms. The zero-order chi connectivity index (χ0) is 23.5. The molecular formula is C24H27N5O4. The highest BCUT2D eigenvalue weighted by atomic mass is 16.5. The predicted octanol–water partition coefficient (Wildman–Crippen LogP) is 4.29. The van der Waals surface area contributed by atoms with Crippen molar-refractivity contribution in [2.45, 2.75) is 32.6 Å². The first-order valence-corrected chi connectivity index (χ1v) is 10.7. The summed E-state index contributed by atoms with van der Waals surface area (Å²) in [7, 11) is 0. The van der Waals surface area contributed by atoms with Crippen LogP contribution in [0, 0.1) is 0 Å². The Morgan fingerprint density at radius 1 is 0.939 bits per heavy atom. The standard InChI is InChI=1S/C24H27N5O4/c1-17(30)26-19-8-6-18(7-9-19)22-14-15-25-24(28-22)27-20-10-12-21(13-11-20)33-16-4-2-3-5-23(31)29-32/h6-15,32H,2-5,16H2,1H3,(H,26,30)(H,29,31)(H,25,27,28). The van der Waals surface area contributed by atoms with E-state index in [0.717, 1.165) is 41.2 Å². The summed E-state index contributed by atoms with van der Waals surface area (Å²) in [5.74, 6) is 0.743. The zero-order valence-corrected chi connectivity index (χ0v) is 18.4. The second-order valence-electron chi connectivity index (χ2n) is 7.37. The van der Waals surface area contributed by atoms with Crippen LogP contribution in [0.25, 0.3) is 11.3 Å².